The monoisotopic (exact) mass is 489 g/mol. The highest BCUT2D eigenvalue weighted by Crippen LogP contribution is 2.34. The van der Waals surface area contributed by atoms with Gasteiger partial charge in [-0.25, -0.2) is 9.87 Å². The number of carbonyl (C=O) groups is 1. The van der Waals surface area contributed by atoms with Crippen molar-refractivity contribution in [3.8, 4) is 6.07 Å². The number of nitrogens with one attached hydrogen (secondary N) is 2. The zero-order valence-corrected chi connectivity index (χ0v) is 20.4. The Morgan fingerprint density at radius 3 is 2.61 bits per heavy atom. The van der Waals surface area contributed by atoms with Gasteiger partial charge in [-0.2, -0.15) is 5.26 Å². The molecule has 0 unspecified atom stereocenters. The quantitative estimate of drug-likeness (QED) is 0.241. The molecule has 1 amide bonds. The number of nitriles is 1. The van der Waals surface area contributed by atoms with E-state index in [2.05, 4.69) is 21.9 Å². The highest BCUT2D eigenvalue weighted by molar-refractivity contribution is 6.09. The second-order valence-corrected chi connectivity index (χ2v) is 7.62. The van der Waals surface area contributed by atoms with Crippen molar-refractivity contribution >= 4 is 28.2 Å². The Balaban J connectivity index is 0.00000176. The second-order valence-electron chi connectivity index (χ2n) is 7.62. The Morgan fingerprint density at radius 1 is 1.19 bits per heavy atom. The molecule has 9 heteroatoms. The molecular formula is C27H28FN5O3. The molecule has 2 aromatic heterocycles. The molecule has 0 spiro atoms. The molecule has 0 bridgehead atoms. The lowest BCUT2D eigenvalue weighted by Crippen LogP contribution is -2.28. The van der Waals surface area contributed by atoms with Crippen molar-refractivity contribution in [1.82, 2.24) is 15.0 Å². The fraction of sp³-hybridized carbons (Fsp3) is 0.222. The Bertz CT molecular complexity index is 1380. The van der Waals surface area contributed by atoms with Crippen LogP contribution in [0, 0.1) is 24.1 Å². The van der Waals surface area contributed by atoms with E-state index >= 15 is 0 Å². The molecule has 2 aromatic carbocycles. The molecule has 0 saturated carbocycles. The topological polar surface area (TPSA) is 112 Å². The fourth-order valence-corrected chi connectivity index (χ4v) is 3.66. The van der Waals surface area contributed by atoms with Crippen LogP contribution in [-0.2, 0) is 11.4 Å². The van der Waals surface area contributed by atoms with Crippen molar-refractivity contribution in [2.45, 2.75) is 27.3 Å². The highest BCUT2D eigenvalue weighted by atomic mass is 19.1. The van der Waals surface area contributed by atoms with Gasteiger partial charge in [0.05, 0.1) is 41.7 Å². The first-order chi connectivity index (χ1) is 17.5. The van der Waals surface area contributed by atoms with Crippen LogP contribution in [0.3, 0.4) is 0 Å². The van der Waals surface area contributed by atoms with Crippen molar-refractivity contribution in [3.63, 3.8) is 0 Å². The zero-order chi connectivity index (χ0) is 26.1. The average molecular weight is 490 g/mol. The second kappa shape index (κ2) is 12.4. The molecule has 0 radical (unpaired) electrons. The van der Waals surface area contributed by atoms with Gasteiger partial charge in [-0.3, -0.25) is 14.6 Å². The number of pyridine rings is 1. The smallest absolute Gasteiger partial charge is 0.293 e. The standard InChI is InChI=1S/C25H22FN5O3.C2H6/c1-16-2-7-21(20(26)12-16)29-23-19-14-28-9-8-22(19)31(24(23)25(33)30-34-11-10-32)15-18-5-3-17(13-27)4-6-18;1-2/h2-9,12,14,29,32H,10-11,15H2,1H3,(H,30,33);1-2H3. The molecule has 0 aliphatic heterocycles. The SMILES string of the molecule is CC.Cc1ccc(Nc2c(C(=O)NOCCO)n(Cc3ccc(C#N)cc3)c3ccncc23)c(F)c1. The number of benzene rings is 2. The minimum absolute atomic E-state index is 0.0848. The van der Waals surface area contributed by atoms with Crippen LogP contribution >= 0.6 is 0 Å². The number of aliphatic hydroxyl groups excluding tert-OH is 1. The number of aliphatic hydroxyl groups is 1. The van der Waals surface area contributed by atoms with E-state index in [0.29, 0.717) is 28.7 Å². The van der Waals surface area contributed by atoms with Crippen LogP contribution in [0.25, 0.3) is 10.9 Å². The lowest BCUT2D eigenvalue weighted by Gasteiger charge is -2.14. The molecule has 36 heavy (non-hydrogen) atoms. The molecule has 0 aliphatic rings. The third-order valence-electron chi connectivity index (χ3n) is 5.25. The summed E-state index contributed by atoms with van der Waals surface area (Å²) in [7, 11) is 0. The summed E-state index contributed by atoms with van der Waals surface area (Å²) < 4.78 is 16.4. The summed E-state index contributed by atoms with van der Waals surface area (Å²) in [4.78, 5) is 22.5. The first-order valence-corrected chi connectivity index (χ1v) is 11.5. The third-order valence-corrected chi connectivity index (χ3v) is 5.25. The van der Waals surface area contributed by atoms with Crippen molar-refractivity contribution in [2.75, 3.05) is 18.5 Å². The highest BCUT2D eigenvalue weighted by Gasteiger charge is 2.24. The minimum Gasteiger partial charge on any atom is -0.394 e. The van der Waals surface area contributed by atoms with Crippen LogP contribution in [0.1, 0.15) is 41.0 Å². The Kier molecular flexibility index (Phi) is 9.11. The first kappa shape index (κ1) is 26.3. The maximum absolute atomic E-state index is 14.7. The number of hydrogen-bond acceptors (Lipinski definition) is 6. The van der Waals surface area contributed by atoms with E-state index in [1.54, 1.807) is 54.2 Å². The number of hydrogen-bond donors (Lipinski definition) is 3. The Morgan fingerprint density at radius 2 is 1.94 bits per heavy atom. The van der Waals surface area contributed by atoms with Crippen LogP contribution in [0.4, 0.5) is 15.8 Å². The number of fused-ring (bicyclic) bond motifs is 1. The number of carbonyl (C=O) groups excluding carboxylic acids is 1. The minimum atomic E-state index is -0.576. The molecular weight excluding hydrogens is 461 g/mol. The molecule has 0 saturated heterocycles. The normalized spacial score (nSPS) is 10.3. The number of aromatic nitrogens is 2. The number of hydroxylamine groups is 1. The van der Waals surface area contributed by atoms with Gasteiger partial charge in [0, 0.05) is 24.3 Å². The van der Waals surface area contributed by atoms with E-state index < -0.39 is 11.7 Å². The van der Waals surface area contributed by atoms with Crippen molar-refractivity contribution in [2.24, 2.45) is 0 Å². The lowest BCUT2D eigenvalue weighted by atomic mass is 10.1. The van der Waals surface area contributed by atoms with Crippen molar-refractivity contribution in [1.29, 1.82) is 5.26 Å². The summed E-state index contributed by atoms with van der Waals surface area (Å²) in [5, 5.41) is 21.7. The van der Waals surface area contributed by atoms with E-state index in [9.17, 15) is 9.18 Å². The number of aryl methyl sites for hydroxylation is 1. The number of amides is 1. The number of anilines is 2. The Labute approximate surface area is 208 Å². The van der Waals surface area contributed by atoms with Gasteiger partial charge in [0.25, 0.3) is 5.91 Å². The number of halogens is 1. The molecule has 3 N–H and O–H groups in total. The van der Waals surface area contributed by atoms with Gasteiger partial charge in [0.1, 0.15) is 11.5 Å². The third kappa shape index (κ3) is 5.86. The zero-order valence-electron chi connectivity index (χ0n) is 20.4. The largest absolute Gasteiger partial charge is 0.394 e. The van der Waals surface area contributed by atoms with Gasteiger partial charge >= 0.3 is 0 Å². The van der Waals surface area contributed by atoms with E-state index in [0.717, 1.165) is 11.1 Å². The molecule has 186 valence electrons. The average Bonchev–Trinajstić information content (AvgIpc) is 3.20. The lowest BCUT2D eigenvalue weighted by molar-refractivity contribution is 0.0163. The van der Waals surface area contributed by atoms with Crippen LogP contribution in [-0.4, -0.2) is 33.8 Å². The van der Waals surface area contributed by atoms with Crippen LogP contribution in [0.2, 0.25) is 0 Å². The van der Waals surface area contributed by atoms with Crippen molar-refractivity contribution < 1.29 is 19.1 Å². The summed E-state index contributed by atoms with van der Waals surface area (Å²) in [5.41, 5.74) is 5.95. The van der Waals surface area contributed by atoms with E-state index in [4.69, 9.17) is 15.2 Å². The predicted octanol–water partition coefficient (Wildman–Crippen LogP) is 4.83. The number of rotatable bonds is 8. The van der Waals surface area contributed by atoms with Crippen molar-refractivity contribution in [3.05, 3.63) is 89.1 Å². The summed E-state index contributed by atoms with van der Waals surface area (Å²) >= 11 is 0. The Hall–Kier alpha value is -4.26. The van der Waals surface area contributed by atoms with Crippen LogP contribution < -0.4 is 10.8 Å². The van der Waals surface area contributed by atoms with Gasteiger partial charge in [-0.1, -0.05) is 32.0 Å². The van der Waals surface area contributed by atoms with E-state index in [1.807, 2.05) is 26.0 Å². The summed E-state index contributed by atoms with van der Waals surface area (Å²) in [5.74, 6) is -1.03. The van der Waals surface area contributed by atoms with Gasteiger partial charge in [0.2, 0.25) is 0 Å². The van der Waals surface area contributed by atoms with Gasteiger partial charge in [-0.05, 0) is 48.4 Å². The maximum atomic E-state index is 14.7. The number of nitrogens with zero attached hydrogens (tertiary/aromatic N) is 3. The van der Waals surface area contributed by atoms with E-state index in [1.165, 1.54) is 6.07 Å². The summed E-state index contributed by atoms with van der Waals surface area (Å²) in [6, 6.07) is 15.6. The molecule has 4 aromatic rings. The van der Waals surface area contributed by atoms with Gasteiger partial charge in [-0.15, -0.1) is 0 Å². The fourth-order valence-electron chi connectivity index (χ4n) is 3.66. The molecule has 2 heterocycles. The first-order valence-electron chi connectivity index (χ1n) is 11.5. The van der Waals surface area contributed by atoms with Crippen LogP contribution in [0.5, 0.6) is 0 Å². The summed E-state index contributed by atoms with van der Waals surface area (Å²) in [6.07, 6.45) is 3.21. The molecule has 0 aliphatic carbocycles. The van der Waals surface area contributed by atoms with Gasteiger partial charge < -0.3 is 15.0 Å². The van der Waals surface area contributed by atoms with E-state index in [-0.39, 0.29) is 24.6 Å². The maximum Gasteiger partial charge on any atom is 0.293 e. The predicted molar refractivity (Wildman–Crippen MR) is 136 cm³/mol. The molecule has 4 rings (SSSR count). The van der Waals surface area contributed by atoms with Crippen LogP contribution in [0.15, 0.2) is 60.9 Å². The molecule has 8 nitrogen and oxygen atoms in total. The molecule has 0 fully saturated rings. The van der Waals surface area contributed by atoms with Gasteiger partial charge in [0.15, 0.2) is 0 Å². The molecule has 0 atom stereocenters. The summed E-state index contributed by atoms with van der Waals surface area (Å²) in [6.45, 7) is 5.74.